The number of piperidine rings is 1. The van der Waals surface area contributed by atoms with Crippen LogP contribution in [0.15, 0.2) is 16.7 Å². The number of hydrogen-bond acceptors (Lipinski definition) is 7. The van der Waals surface area contributed by atoms with Crippen molar-refractivity contribution in [2.75, 3.05) is 19.8 Å². The molecule has 0 aromatic carbocycles. The van der Waals surface area contributed by atoms with Crippen LogP contribution in [0.25, 0.3) is 22.4 Å². The topological polar surface area (TPSA) is 77.7 Å². The minimum Gasteiger partial charge on any atom is -0.348 e. The van der Waals surface area contributed by atoms with E-state index in [4.69, 9.17) is 14.0 Å². The second-order valence-corrected chi connectivity index (χ2v) is 9.46. The maximum absolute atomic E-state index is 13.8. The predicted octanol–water partition coefficient (Wildman–Crippen LogP) is 4.24. The number of carbonyl (C=O) groups excluding carboxylic acids is 1. The maximum atomic E-state index is 13.8. The molecule has 8 heteroatoms. The number of pyridine rings is 1. The highest BCUT2D eigenvalue weighted by Crippen LogP contribution is 2.34. The van der Waals surface area contributed by atoms with Gasteiger partial charge in [0.1, 0.15) is 0 Å². The smallest absolute Gasteiger partial charge is 0.259 e. The maximum Gasteiger partial charge on any atom is 0.259 e. The average molecular weight is 428 g/mol. The zero-order chi connectivity index (χ0) is 20.8. The fourth-order valence-electron chi connectivity index (χ4n) is 4.53. The van der Waals surface area contributed by atoms with Gasteiger partial charge in [-0.2, -0.15) is 0 Å². The number of aromatic nitrogens is 2. The molecule has 1 atom stereocenters. The molecular weight excluding hydrogens is 402 g/mol. The third kappa shape index (κ3) is 3.33. The molecule has 7 nitrogen and oxygen atoms in total. The summed E-state index contributed by atoms with van der Waals surface area (Å²) >= 11 is 1.72. The number of thiophene rings is 1. The van der Waals surface area contributed by atoms with Gasteiger partial charge in [-0.15, -0.1) is 11.3 Å². The lowest BCUT2D eigenvalue weighted by Gasteiger charge is -2.38. The Morgan fingerprint density at radius 1 is 1.17 bits per heavy atom. The summed E-state index contributed by atoms with van der Waals surface area (Å²) in [5, 5.41) is 4.77. The number of amides is 1. The van der Waals surface area contributed by atoms with Crippen molar-refractivity contribution in [3.63, 3.8) is 0 Å². The van der Waals surface area contributed by atoms with E-state index in [1.165, 1.54) is 4.88 Å². The standard InChI is InChI=1S/C22H25N3O4S/c1-12-10-15(14(3)30-12)17-11-16(19-13(2)24-29-20(19)23-17)21(26)25-7-5-4-6-18(25)22-27-8-9-28-22/h10-11,18,22H,4-9H2,1-3H3. The van der Waals surface area contributed by atoms with Crippen LogP contribution in [0, 0.1) is 20.8 Å². The molecule has 0 N–H and O–H groups in total. The van der Waals surface area contributed by atoms with Crippen LogP contribution in [0.2, 0.25) is 0 Å². The lowest BCUT2D eigenvalue weighted by Crippen LogP contribution is -2.50. The highest BCUT2D eigenvalue weighted by atomic mass is 32.1. The molecule has 2 saturated heterocycles. The Hall–Kier alpha value is -2.29. The molecule has 2 aliphatic rings. The van der Waals surface area contributed by atoms with Gasteiger partial charge in [0.2, 0.25) is 0 Å². The van der Waals surface area contributed by atoms with E-state index in [0.717, 1.165) is 35.4 Å². The van der Waals surface area contributed by atoms with E-state index in [-0.39, 0.29) is 18.2 Å². The van der Waals surface area contributed by atoms with E-state index in [1.54, 1.807) is 11.3 Å². The van der Waals surface area contributed by atoms with Crippen molar-refractivity contribution in [1.82, 2.24) is 15.0 Å². The van der Waals surface area contributed by atoms with Crippen LogP contribution in [0.5, 0.6) is 0 Å². The number of carbonyl (C=O) groups is 1. The first-order chi connectivity index (χ1) is 14.5. The summed E-state index contributed by atoms with van der Waals surface area (Å²) in [7, 11) is 0. The van der Waals surface area contributed by atoms with Crippen LogP contribution >= 0.6 is 11.3 Å². The van der Waals surface area contributed by atoms with Gasteiger partial charge in [-0.3, -0.25) is 4.79 Å². The second kappa shape index (κ2) is 7.76. The molecule has 2 aliphatic heterocycles. The van der Waals surface area contributed by atoms with Gasteiger partial charge in [-0.05, 0) is 52.2 Å². The first-order valence-electron chi connectivity index (χ1n) is 10.4. The Kier molecular flexibility index (Phi) is 5.08. The first-order valence-corrected chi connectivity index (χ1v) is 11.2. The molecule has 158 valence electrons. The summed E-state index contributed by atoms with van der Waals surface area (Å²) in [6, 6.07) is 3.92. The molecule has 0 aliphatic carbocycles. The summed E-state index contributed by atoms with van der Waals surface area (Å²) < 4.78 is 17.0. The predicted molar refractivity (Wildman–Crippen MR) is 114 cm³/mol. The van der Waals surface area contributed by atoms with E-state index < -0.39 is 0 Å². The fraction of sp³-hybridized carbons (Fsp3) is 0.500. The summed E-state index contributed by atoms with van der Waals surface area (Å²) in [4.78, 5) is 22.8. The van der Waals surface area contributed by atoms with Gasteiger partial charge in [0.15, 0.2) is 6.29 Å². The molecule has 0 spiro atoms. The third-order valence-electron chi connectivity index (χ3n) is 5.94. The van der Waals surface area contributed by atoms with Crippen LogP contribution in [-0.2, 0) is 9.47 Å². The quantitative estimate of drug-likeness (QED) is 0.622. The third-order valence-corrected chi connectivity index (χ3v) is 6.90. The number of hydrogen-bond donors (Lipinski definition) is 0. The van der Waals surface area contributed by atoms with Crippen LogP contribution in [0.3, 0.4) is 0 Å². The second-order valence-electron chi connectivity index (χ2n) is 8.00. The fourth-order valence-corrected chi connectivity index (χ4v) is 5.47. The van der Waals surface area contributed by atoms with E-state index in [0.29, 0.717) is 42.1 Å². The van der Waals surface area contributed by atoms with E-state index in [9.17, 15) is 4.79 Å². The average Bonchev–Trinajstić information content (AvgIpc) is 3.48. The lowest BCUT2D eigenvalue weighted by molar-refractivity contribution is -0.100. The minimum atomic E-state index is -0.351. The number of fused-ring (bicyclic) bond motifs is 1. The number of aryl methyl sites for hydroxylation is 3. The minimum absolute atomic E-state index is 0.0386. The van der Waals surface area contributed by atoms with Crippen LogP contribution in [0.1, 0.15) is 45.1 Å². The lowest BCUT2D eigenvalue weighted by atomic mass is 9.98. The number of nitrogens with zero attached hydrogens (tertiary/aromatic N) is 3. The van der Waals surface area contributed by atoms with Gasteiger partial charge in [0, 0.05) is 21.9 Å². The zero-order valence-corrected chi connectivity index (χ0v) is 18.3. The van der Waals surface area contributed by atoms with Gasteiger partial charge < -0.3 is 18.9 Å². The summed E-state index contributed by atoms with van der Waals surface area (Å²) in [5.74, 6) is -0.0386. The Morgan fingerprint density at radius 3 is 2.70 bits per heavy atom. The van der Waals surface area contributed by atoms with Crippen LogP contribution in [0.4, 0.5) is 0 Å². The number of rotatable bonds is 3. The monoisotopic (exact) mass is 427 g/mol. The van der Waals surface area contributed by atoms with Gasteiger partial charge in [-0.1, -0.05) is 5.16 Å². The molecule has 5 rings (SSSR count). The number of likely N-dealkylation sites (tertiary alicyclic amines) is 1. The molecule has 5 heterocycles. The van der Waals surface area contributed by atoms with Gasteiger partial charge in [-0.25, -0.2) is 4.98 Å². The highest BCUT2D eigenvalue weighted by Gasteiger charge is 2.37. The Balaban J connectivity index is 1.60. The van der Waals surface area contributed by atoms with Crippen molar-refractivity contribution < 1.29 is 18.8 Å². The van der Waals surface area contributed by atoms with Gasteiger partial charge in [0.05, 0.1) is 41.6 Å². The molecule has 1 unspecified atom stereocenters. The number of ether oxygens (including phenoxy) is 2. The van der Waals surface area contributed by atoms with Crippen molar-refractivity contribution in [3.05, 3.63) is 33.1 Å². The molecule has 3 aromatic heterocycles. The zero-order valence-electron chi connectivity index (χ0n) is 17.4. The molecule has 2 fully saturated rings. The normalized spacial score (nSPS) is 20.4. The molecule has 1 amide bonds. The Morgan fingerprint density at radius 2 is 1.97 bits per heavy atom. The molecule has 3 aromatic rings. The van der Waals surface area contributed by atoms with Crippen LogP contribution in [-0.4, -0.2) is 53.0 Å². The van der Waals surface area contributed by atoms with Crippen molar-refractivity contribution in [1.29, 1.82) is 0 Å². The Bertz CT molecular complexity index is 1100. The van der Waals surface area contributed by atoms with E-state index in [1.807, 2.05) is 17.9 Å². The summed E-state index contributed by atoms with van der Waals surface area (Å²) in [5.41, 5.74) is 3.43. The summed E-state index contributed by atoms with van der Waals surface area (Å²) in [6.45, 7) is 7.84. The van der Waals surface area contributed by atoms with Crippen molar-refractivity contribution in [2.45, 2.75) is 52.4 Å². The highest BCUT2D eigenvalue weighted by molar-refractivity contribution is 7.12. The molecule has 0 bridgehead atoms. The van der Waals surface area contributed by atoms with E-state index in [2.05, 4.69) is 30.1 Å². The molecule has 0 saturated carbocycles. The SMILES string of the molecule is Cc1cc(-c2cc(C(=O)N3CCCCC3C3OCCO3)c3c(C)noc3n2)c(C)s1. The van der Waals surface area contributed by atoms with E-state index >= 15 is 0 Å². The van der Waals surface area contributed by atoms with Crippen molar-refractivity contribution in [2.24, 2.45) is 0 Å². The van der Waals surface area contributed by atoms with Crippen molar-refractivity contribution >= 4 is 28.3 Å². The van der Waals surface area contributed by atoms with Crippen molar-refractivity contribution in [3.8, 4) is 11.3 Å². The largest absolute Gasteiger partial charge is 0.348 e. The van der Waals surface area contributed by atoms with Gasteiger partial charge in [0.25, 0.3) is 11.6 Å². The van der Waals surface area contributed by atoms with Gasteiger partial charge >= 0.3 is 0 Å². The molecule has 0 radical (unpaired) electrons. The molecule has 30 heavy (non-hydrogen) atoms. The summed E-state index contributed by atoms with van der Waals surface area (Å²) in [6.07, 6.45) is 2.56. The van der Waals surface area contributed by atoms with Crippen LogP contribution < -0.4 is 0 Å². The molecular formula is C22H25N3O4S. The Labute approximate surface area is 179 Å². The first kappa shape index (κ1) is 19.7.